The minimum Gasteiger partial charge on any atom is -0.347 e. The Balaban J connectivity index is 1.87. The summed E-state index contributed by atoms with van der Waals surface area (Å²) in [6.07, 6.45) is 0.481. The van der Waals surface area contributed by atoms with Crippen molar-refractivity contribution >= 4 is 27.5 Å². The molecule has 0 saturated carbocycles. The van der Waals surface area contributed by atoms with E-state index in [0.717, 1.165) is 11.1 Å². The zero-order chi connectivity index (χ0) is 21.4. The number of carbonyl (C=O) groups excluding carboxylic acids is 2. The van der Waals surface area contributed by atoms with Gasteiger partial charge in [-0.15, -0.1) is 0 Å². The van der Waals surface area contributed by atoms with Gasteiger partial charge < -0.3 is 10.6 Å². The molecule has 156 valence electrons. The highest BCUT2D eigenvalue weighted by Crippen LogP contribution is 2.16. The first-order chi connectivity index (χ1) is 13.8. The van der Waals surface area contributed by atoms with Gasteiger partial charge in [0.2, 0.25) is 10.0 Å². The van der Waals surface area contributed by atoms with E-state index in [1.807, 2.05) is 13.0 Å². The second-order valence-corrected chi connectivity index (χ2v) is 8.50. The average molecular weight is 418 g/mol. The van der Waals surface area contributed by atoms with E-state index >= 15 is 0 Å². The van der Waals surface area contributed by atoms with Crippen LogP contribution in [0.5, 0.6) is 0 Å². The fourth-order valence-electron chi connectivity index (χ4n) is 2.85. The van der Waals surface area contributed by atoms with Gasteiger partial charge in [-0.05, 0) is 48.7 Å². The van der Waals surface area contributed by atoms with E-state index in [9.17, 15) is 18.0 Å². The van der Waals surface area contributed by atoms with Crippen LogP contribution in [0.25, 0.3) is 0 Å². The number of hydrogen-bond acceptors (Lipinski definition) is 4. The third-order valence-electron chi connectivity index (χ3n) is 4.45. The molecule has 0 aliphatic heterocycles. The molecule has 0 heterocycles. The van der Waals surface area contributed by atoms with Crippen LogP contribution in [0.3, 0.4) is 0 Å². The van der Waals surface area contributed by atoms with Crippen molar-refractivity contribution in [3.05, 3.63) is 59.7 Å². The molecule has 0 aliphatic carbocycles. The Bertz CT molecular complexity index is 952. The van der Waals surface area contributed by atoms with Crippen LogP contribution in [0.4, 0.5) is 5.69 Å². The molecular formula is C21H27N3O4S. The summed E-state index contributed by atoms with van der Waals surface area (Å²) in [5.74, 6) is -1.44. The largest absolute Gasteiger partial charge is 0.347 e. The zero-order valence-electron chi connectivity index (χ0n) is 16.9. The van der Waals surface area contributed by atoms with Crippen LogP contribution < -0.4 is 10.6 Å². The first-order valence-corrected chi connectivity index (χ1v) is 11.0. The van der Waals surface area contributed by atoms with Crippen molar-refractivity contribution in [2.24, 2.45) is 0 Å². The Morgan fingerprint density at radius 2 is 1.62 bits per heavy atom. The molecule has 2 rings (SSSR count). The number of sulfonamides is 1. The molecule has 0 unspecified atom stereocenters. The molecule has 0 atom stereocenters. The molecule has 2 amide bonds. The maximum atomic E-state index is 12.5. The quantitative estimate of drug-likeness (QED) is 0.645. The Kier molecular flexibility index (Phi) is 7.92. The number of aryl methyl sites for hydroxylation is 1. The fraction of sp³-hybridized carbons (Fsp3) is 0.333. The van der Waals surface area contributed by atoms with Gasteiger partial charge >= 0.3 is 11.8 Å². The molecule has 0 spiro atoms. The maximum Gasteiger partial charge on any atom is 0.313 e. The summed E-state index contributed by atoms with van der Waals surface area (Å²) in [5, 5.41) is 5.12. The van der Waals surface area contributed by atoms with Crippen LogP contribution in [-0.4, -0.2) is 44.2 Å². The lowest BCUT2D eigenvalue weighted by Gasteiger charge is -2.18. The number of nitrogens with one attached hydrogen (secondary N) is 2. The summed E-state index contributed by atoms with van der Waals surface area (Å²) in [5.41, 5.74) is 2.41. The van der Waals surface area contributed by atoms with Crippen LogP contribution in [0.1, 0.15) is 25.0 Å². The Hall–Kier alpha value is -2.71. The van der Waals surface area contributed by atoms with E-state index in [2.05, 4.69) is 10.6 Å². The predicted octanol–water partition coefficient (Wildman–Crippen LogP) is 2.32. The van der Waals surface area contributed by atoms with E-state index in [-0.39, 0.29) is 11.4 Å². The molecule has 2 N–H and O–H groups in total. The van der Waals surface area contributed by atoms with Gasteiger partial charge in [-0.25, -0.2) is 8.42 Å². The van der Waals surface area contributed by atoms with Gasteiger partial charge in [0.15, 0.2) is 0 Å². The van der Waals surface area contributed by atoms with E-state index in [1.165, 1.54) is 4.31 Å². The molecule has 2 aromatic rings. The highest BCUT2D eigenvalue weighted by atomic mass is 32.2. The van der Waals surface area contributed by atoms with Crippen molar-refractivity contribution in [2.45, 2.75) is 32.1 Å². The zero-order valence-corrected chi connectivity index (χ0v) is 17.8. The molecule has 7 nitrogen and oxygen atoms in total. The van der Waals surface area contributed by atoms with Crippen LogP contribution in [0, 0.1) is 6.92 Å². The summed E-state index contributed by atoms with van der Waals surface area (Å²) in [6.45, 7) is 6.59. The fourth-order valence-corrected chi connectivity index (χ4v) is 4.31. The van der Waals surface area contributed by atoms with Crippen LogP contribution in [0.2, 0.25) is 0 Å². The van der Waals surface area contributed by atoms with E-state index in [4.69, 9.17) is 0 Å². The molecule has 29 heavy (non-hydrogen) atoms. The number of carbonyl (C=O) groups is 2. The number of nitrogens with zero attached hydrogens (tertiary/aromatic N) is 1. The van der Waals surface area contributed by atoms with Crippen LogP contribution in [-0.2, 0) is 26.0 Å². The number of anilines is 1. The second kappa shape index (κ2) is 10.2. The van der Waals surface area contributed by atoms with Crippen molar-refractivity contribution in [1.82, 2.24) is 9.62 Å². The van der Waals surface area contributed by atoms with Crippen molar-refractivity contribution in [3.63, 3.8) is 0 Å². The Morgan fingerprint density at radius 1 is 0.966 bits per heavy atom. The van der Waals surface area contributed by atoms with Crippen LogP contribution in [0.15, 0.2) is 53.4 Å². The lowest BCUT2D eigenvalue weighted by atomic mass is 10.1. The van der Waals surface area contributed by atoms with Crippen molar-refractivity contribution < 1.29 is 18.0 Å². The number of amides is 2. The summed E-state index contributed by atoms with van der Waals surface area (Å²) in [7, 11) is -3.49. The highest BCUT2D eigenvalue weighted by Gasteiger charge is 2.21. The number of benzene rings is 2. The van der Waals surface area contributed by atoms with E-state index in [1.54, 1.807) is 56.3 Å². The Morgan fingerprint density at radius 3 is 2.21 bits per heavy atom. The molecule has 0 aromatic heterocycles. The highest BCUT2D eigenvalue weighted by molar-refractivity contribution is 7.89. The van der Waals surface area contributed by atoms with Gasteiger partial charge in [0.1, 0.15) is 0 Å². The Labute approximate surface area is 172 Å². The topological polar surface area (TPSA) is 95.6 Å². The normalized spacial score (nSPS) is 11.3. The van der Waals surface area contributed by atoms with Crippen LogP contribution >= 0.6 is 0 Å². The van der Waals surface area contributed by atoms with E-state index in [0.29, 0.717) is 25.2 Å². The lowest BCUT2D eigenvalue weighted by Crippen LogP contribution is -2.36. The molecule has 0 fully saturated rings. The molecule has 8 heteroatoms. The summed E-state index contributed by atoms with van der Waals surface area (Å²) in [4.78, 5) is 24.1. The van der Waals surface area contributed by atoms with Gasteiger partial charge in [0.05, 0.1) is 4.90 Å². The molecule has 0 saturated heterocycles. The van der Waals surface area contributed by atoms with Gasteiger partial charge in [-0.3, -0.25) is 9.59 Å². The van der Waals surface area contributed by atoms with Gasteiger partial charge in [-0.2, -0.15) is 4.31 Å². The molecule has 0 aliphatic rings. The third kappa shape index (κ3) is 6.13. The predicted molar refractivity (Wildman–Crippen MR) is 113 cm³/mol. The summed E-state index contributed by atoms with van der Waals surface area (Å²) >= 11 is 0. The smallest absolute Gasteiger partial charge is 0.313 e. The molecule has 0 bridgehead atoms. The van der Waals surface area contributed by atoms with Gasteiger partial charge in [0, 0.05) is 25.3 Å². The minimum absolute atomic E-state index is 0.242. The summed E-state index contributed by atoms with van der Waals surface area (Å²) in [6, 6.07) is 13.8. The first kappa shape index (κ1) is 22.6. The molecule has 2 aromatic carbocycles. The SMILES string of the molecule is CCN(CC)S(=O)(=O)c1ccc(CCNC(=O)C(=O)Nc2cccc(C)c2)cc1. The summed E-state index contributed by atoms with van der Waals surface area (Å²) < 4.78 is 26.4. The van der Waals surface area contributed by atoms with Crippen molar-refractivity contribution in [3.8, 4) is 0 Å². The number of hydrogen-bond donors (Lipinski definition) is 2. The second-order valence-electron chi connectivity index (χ2n) is 6.56. The van der Waals surface area contributed by atoms with Crippen molar-refractivity contribution in [1.29, 1.82) is 0 Å². The maximum absolute atomic E-state index is 12.5. The van der Waals surface area contributed by atoms with Gasteiger partial charge in [-0.1, -0.05) is 38.1 Å². The molecular weight excluding hydrogens is 390 g/mol. The van der Waals surface area contributed by atoms with E-state index < -0.39 is 21.8 Å². The average Bonchev–Trinajstić information content (AvgIpc) is 2.69. The molecule has 0 radical (unpaired) electrons. The van der Waals surface area contributed by atoms with Crippen molar-refractivity contribution in [2.75, 3.05) is 25.0 Å². The van der Waals surface area contributed by atoms with Gasteiger partial charge in [0.25, 0.3) is 0 Å². The lowest BCUT2D eigenvalue weighted by molar-refractivity contribution is -0.136. The monoisotopic (exact) mass is 417 g/mol. The first-order valence-electron chi connectivity index (χ1n) is 9.52. The standard InChI is InChI=1S/C21H27N3O4S/c1-4-24(5-2)29(27,28)19-11-9-17(10-12-19)13-14-22-20(25)21(26)23-18-8-6-7-16(3)15-18/h6-12,15H,4-5,13-14H2,1-3H3,(H,22,25)(H,23,26). The number of rotatable bonds is 8. The minimum atomic E-state index is -3.49. The third-order valence-corrected chi connectivity index (χ3v) is 6.51.